The van der Waals surface area contributed by atoms with E-state index in [4.69, 9.17) is 11.5 Å². The van der Waals surface area contributed by atoms with E-state index in [2.05, 4.69) is 24.9 Å². The van der Waals surface area contributed by atoms with Crippen molar-refractivity contribution in [2.24, 2.45) is 22.4 Å². The number of alkyl halides is 3. The van der Waals surface area contributed by atoms with Crippen LogP contribution < -0.4 is 26.4 Å². The van der Waals surface area contributed by atoms with Gasteiger partial charge in [0.15, 0.2) is 11.7 Å². The first-order valence-electron chi connectivity index (χ1n) is 9.63. The quantitative estimate of drug-likeness (QED) is 0.473. The summed E-state index contributed by atoms with van der Waals surface area (Å²) < 4.78 is 41.7. The van der Waals surface area contributed by atoms with Gasteiger partial charge in [-0.15, -0.1) is 13.2 Å². The lowest BCUT2D eigenvalue weighted by atomic mass is 9.96. The van der Waals surface area contributed by atoms with Crippen molar-refractivity contribution in [3.63, 3.8) is 0 Å². The smallest absolute Gasteiger partial charge is 0.404 e. The molecule has 0 bridgehead atoms. The molecule has 5 N–H and O–H groups in total. The number of amides is 1. The first kappa shape index (κ1) is 22.2. The Bertz CT molecular complexity index is 943. The van der Waals surface area contributed by atoms with Gasteiger partial charge in [0, 0.05) is 30.8 Å². The molecular formula is C20H23F3N6O2. The first-order valence-corrected chi connectivity index (χ1v) is 9.63. The van der Waals surface area contributed by atoms with Crippen LogP contribution in [0.4, 0.5) is 24.7 Å². The SMILES string of the molecule is NC(=O)C1CCN(c2ncccc2CN=C(N)Nc2ccccc2OC(F)(F)F)CC1. The zero-order valence-electron chi connectivity index (χ0n) is 16.6. The molecule has 0 aliphatic carbocycles. The maximum atomic E-state index is 12.6. The van der Waals surface area contributed by atoms with E-state index in [1.807, 2.05) is 6.07 Å². The zero-order valence-corrected chi connectivity index (χ0v) is 16.6. The number of aromatic nitrogens is 1. The van der Waals surface area contributed by atoms with E-state index in [9.17, 15) is 18.0 Å². The van der Waals surface area contributed by atoms with Crippen LogP contribution in [-0.2, 0) is 11.3 Å². The minimum atomic E-state index is -4.82. The number of primary amides is 1. The van der Waals surface area contributed by atoms with Gasteiger partial charge < -0.3 is 26.4 Å². The molecule has 1 amide bonds. The monoisotopic (exact) mass is 436 g/mol. The van der Waals surface area contributed by atoms with E-state index in [0.717, 1.165) is 11.4 Å². The molecule has 1 aliphatic heterocycles. The van der Waals surface area contributed by atoms with E-state index in [-0.39, 0.29) is 30.0 Å². The number of benzene rings is 1. The topological polar surface area (TPSA) is 119 Å². The fraction of sp³-hybridized carbons (Fsp3) is 0.350. The van der Waals surface area contributed by atoms with Gasteiger partial charge in [-0.1, -0.05) is 18.2 Å². The number of aliphatic imine (C=N–C) groups is 1. The van der Waals surface area contributed by atoms with Gasteiger partial charge in [-0.05, 0) is 31.0 Å². The molecule has 2 heterocycles. The van der Waals surface area contributed by atoms with E-state index in [1.165, 1.54) is 18.2 Å². The van der Waals surface area contributed by atoms with E-state index in [1.54, 1.807) is 18.3 Å². The predicted molar refractivity (Wildman–Crippen MR) is 110 cm³/mol. The molecule has 11 heteroatoms. The van der Waals surface area contributed by atoms with Gasteiger partial charge >= 0.3 is 6.36 Å². The average Bonchev–Trinajstić information content (AvgIpc) is 2.73. The number of nitrogens with zero attached hydrogens (tertiary/aromatic N) is 3. The third kappa shape index (κ3) is 6.24. The van der Waals surface area contributed by atoms with Gasteiger partial charge in [0.05, 0.1) is 12.2 Å². The Labute approximate surface area is 177 Å². The number of carbonyl (C=O) groups is 1. The number of hydrogen-bond acceptors (Lipinski definition) is 5. The Morgan fingerprint density at radius 3 is 2.58 bits per heavy atom. The van der Waals surface area contributed by atoms with Crippen molar-refractivity contribution in [2.45, 2.75) is 25.7 Å². The van der Waals surface area contributed by atoms with Gasteiger partial charge in [-0.3, -0.25) is 4.79 Å². The van der Waals surface area contributed by atoms with Crippen LogP contribution in [0.1, 0.15) is 18.4 Å². The number of rotatable bonds is 6. The maximum Gasteiger partial charge on any atom is 0.573 e. The van der Waals surface area contributed by atoms with Crippen LogP contribution in [0.5, 0.6) is 5.75 Å². The molecule has 1 saturated heterocycles. The van der Waals surface area contributed by atoms with Gasteiger partial charge in [-0.2, -0.15) is 0 Å². The van der Waals surface area contributed by atoms with E-state index < -0.39 is 12.1 Å². The van der Waals surface area contributed by atoms with E-state index in [0.29, 0.717) is 25.9 Å². The summed E-state index contributed by atoms with van der Waals surface area (Å²) in [4.78, 5) is 22.1. The van der Waals surface area contributed by atoms with Crippen LogP contribution in [-0.4, -0.2) is 36.3 Å². The Kier molecular flexibility index (Phi) is 6.83. The van der Waals surface area contributed by atoms with Gasteiger partial charge in [0.2, 0.25) is 5.91 Å². The summed E-state index contributed by atoms with van der Waals surface area (Å²) in [5.74, 6) is -0.185. The molecule has 0 atom stereocenters. The Hall–Kier alpha value is -3.50. The second-order valence-electron chi connectivity index (χ2n) is 7.02. The first-order chi connectivity index (χ1) is 14.7. The van der Waals surface area contributed by atoms with Crippen molar-refractivity contribution in [3.05, 3.63) is 48.2 Å². The molecule has 1 aliphatic rings. The number of halogens is 3. The third-order valence-electron chi connectivity index (χ3n) is 4.86. The zero-order chi connectivity index (χ0) is 22.4. The summed E-state index contributed by atoms with van der Waals surface area (Å²) in [5.41, 5.74) is 12.1. The summed E-state index contributed by atoms with van der Waals surface area (Å²) in [6.45, 7) is 1.44. The van der Waals surface area contributed by atoms with Crippen molar-refractivity contribution in [3.8, 4) is 5.75 Å². The van der Waals surface area contributed by atoms with Crippen molar-refractivity contribution in [1.82, 2.24) is 4.98 Å². The highest BCUT2D eigenvalue weighted by Crippen LogP contribution is 2.30. The molecule has 3 rings (SSSR count). The number of guanidine groups is 1. The van der Waals surface area contributed by atoms with Crippen LogP contribution in [0.3, 0.4) is 0 Å². The molecule has 1 aromatic heterocycles. The molecule has 31 heavy (non-hydrogen) atoms. The summed E-state index contributed by atoms with van der Waals surface area (Å²) in [5, 5.41) is 2.64. The highest BCUT2D eigenvalue weighted by atomic mass is 19.4. The molecule has 8 nitrogen and oxygen atoms in total. The molecule has 0 radical (unpaired) electrons. The molecule has 2 aromatic rings. The minimum Gasteiger partial charge on any atom is -0.404 e. The summed E-state index contributed by atoms with van der Waals surface area (Å²) in [6.07, 6.45) is -1.87. The largest absolute Gasteiger partial charge is 0.573 e. The lowest BCUT2D eigenvalue weighted by Crippen LogP contribution is -2.39. The lowest BCUT2D eigenvalue weighted by molar-refractivity contribution is -0.274. The fourth-order valence-electron chi connectivity index (χ4n) is 3.35. The Morgan fingerprint density at radius 2 is 1.90 bits per heavy atom. The molecule has 0 spiro atoms. The number of nitrogens with two attached hydrogens (primary N) is 2. The summed E-state index contributed by atoms with van der Waals surface area (Å²) in [6, 6.07) is 9.16. The third-order valence-corrected chi connectivity index (χ3v) is 4.86. The molecular weight excluding hydrogens is 413 g/mol. The van der Waals surface area contributed by atoms with Crippen LogP contribution in [0.15, 0.2) is 47.6 Å². The normalized spacial score (nSPS) is 15.6. The molecule has 0 saturated carbocycles. The predicted octanol–water partition coefficient (Wildman–Crippen LogP) is 2.61. The number of para-hydroxylation sites is 2. The van der Waals surface area contributed by atoms with Crippen molar-refractivity contribution in [1.29, 1.82) is 0 Å². The molecule has 1 fully saturated rings. The number of pyridine rings is 1. The van der Waals surface area contributed by atoms with Crippen LogP contribution in [0.25, 0.3) is 0 Å². The lowest BCUT2D eigenvalue weighted by Gasteiger charge is -2.32. The maximum absolute atomic E-state index is 12.6. The molecule has 1 aromatic carbocycles. The van der Waals surface area contributed by atoms with Crippen LogP contribution >= 0.6 is 0 Å². The van der Waals surface area contributed by atoms with Crippen molar-refractivity contribution < 1.29 is 22.7 Å². The number of ether oxygens (including phenoxy) is 1. The number of piperidine rings is 1. The molecule has 166 valence electrons. The fourth-order valence-corrected chi connectivity index (χ4v) is 3.35. The highest BCUT2D eigenvalue weighted by molar-refractivity contribution is 5.93. The average molecular weight is 436 g/mol. The second kappa shape index (κ2) is 9.54. The minimum absolute atomic E-state index is 0.0426. The summed E-state index contributed by atoms with van der Waals surface area (Å²) in [7, 11) is 0. The van der Waals surface area contributed by atoms with Crippen LogP contribution in [0, 0.1) is 5.92 Å². The molecule has 0 unspecified atom stereocenters. The Morgan fingerprint density at radius 1 is 1.19 bits per heavy atom. The van der Waals surface area contributed by atoms with Crippen LogP contribution in [0.2, 0.25) is 0 Å². The Balaban J connectivity index is 1.69. The standard InChI is InChI=1S/C20H23F3N6O2/c21-20(22,23)31-16-6-2-1-5-15(16)28-19(25)27-12-14-4-3-9-26-18(14)29-10-7-13(8-11-29)17(24)30/h1-6,9,13H,7-8,10-12H2,(H2,24,30)(H3,25,27,28). The van der Waals surface area contributed by atoms with Gasteiger partial charge in [-0.25, -0.2) is 9.98 Å². The second-order valence-corrected chi connectivity index (χ2v) is 7.02. The van der Waals surface area contributed by atoms with Gasteiger partial charge in [0.25, 0.3) is 0 Å². The van der Waals surface area contributed by atoms with Crippen molar-refractivity contribution >= 4 is 23.4 Å². The number of anilines is 2. The number of carbonyl (C=O) groups excluding carboxylic acids is 1. The van der Waals surface area contributed by atoms with E-state index >= 15 is 0 Å². The highest BCUT2D eigenvalue weighted by Gasteiger charge is 2.32. The van der Waals surface area contributed by atoms with Crippen molar-refractivity contribution in [2.75, 3.05) is 23.3 Å². The summed E-state index contributed by atoms with van der Waals surface area (Å²) >= 11 is 0. The number of nitrogens with one attached hydrogen (secondary N) is 1. The van der Waals surface area contributed by atoms with Gasteiger partial charge in [0.1, 0.15) is 5.82 Å². The number of hydrogen-bond donors (Lipinski definition) is 3.